The molecule has 0 spiro atoms. The summed E-state index contributed by atoms with van der Waals surface area (Å²) < 4.78 is 0. The van der Waals surface area contributed by atoms with Gasteiger partial charge in [-0.25, -0.2) is 0 Å². The molecule has 0 aliphatic rings. The van der Waals surface area contributed by atoms with Crippen LogP contribution in [0.25, 0.3) is 0 Å². The van der Waals surface area contributed by atoms with E-state index >= 15 is 0 Å². The lowest BCUT2D eigenvalue weighted by molar-refractivity contribution is -0.107. The van der Waals surface area contributed by atoms with E-state index in [1.165, 1.54) is 94.1 Å². The van der Waals surface area contributed by atoms with Crippen LogP contribution in [0, 0.1) is 0 Å². The molecule has 0 heterocycles. The van der Waals surface area contributed by atoms with E-state index in [1.54, 1.807) is 0 Å². The lowest BCUT2D eigenvalue weighted by atomic mass is 10.1. The summed E-state index contributed by atoms with van der Waals surface area (Å²) in [6.45, 7) is 6.45. The Labute approximate surface area is 155 Å². The van der Waals surface area contributed by atoms with Crippen molar-refractivity contribution in [2.24, 2.45) is 0 Å². The number of rotatable bonds is 19. The molecule has 1 nitrogen and oxygen atoms in total. The predicted octanol–water partition coefficient (Wildman–Crippen LogP) is 7.86. The van der Waals surface area contributed by atoms with Gasteiger partial charge < -0.3 is 4.79 Å². The molecule has 24 heavy (non-hydrogen) atoms. The van der Waals surface area contributed by atoms with Crippen LogP contribution in [0.4, 0.5) is 0 Å². The van der Waals surface area contributed by atoms with Crippen molar-refractivity contribution < 1.29 is 4.79 Å². The molecular formula is C22H40OS. The van der Waals surface area contributed by atoms with Gasteiger partial charge >= 0.3 is 0 Å². The molecule has 0 radical (unpaired) electrons. The van der Waals surface area contributed by atoms with Gasteiger partial charge in [-0.05, 0) is 55.6 Å². The van der Waals surface area contributed by atoms with Crippen molar-refractivity contribution >= 4 is 18.0 Å². The van der Waals surface area contributed by atoms with E-state index in [0.29, 0.717) is 0 Å². The van der Waals surface area contributed by atoms with Crippen LogP contribution in [0.15, 0.2) is 23.6 Å². The zero-order valence-corrected chi connectivity index (χ0v) is 16.9. The summed E-state index contributed by atoms with van der Waals surface area (Å²) in [7, 11) is 0. The Hall–Kier alpha value is -0.500. The van der Waals surface area contributed by atoms with Crippen LogP contribution in [0.1, 0.15) is 103 Å². The topological polar surface area (TPSA) is 17.1 Å². The second-order valence-electron chi connectivity index (χ2n) is 6.68. The number of unbranched alkanes of at least 4 members (excludes halogenated alkanes) is 11. The molecule has 0 fully saturated rings. The van der Waals surface area contributed by atoms with Gasteiger partial charge in [0, 0.05) is 6.42 Å². The van der Waals surface area contributed by atoms with E-state index in [0.717, 1.165) is 19.1 Å². The molecule has 0 bridgehead atoms. The van der Waals surface area contributed by atoms with E-state index < -0.39 is 0 Å². The molecule has 0 saturated carbocycles. The van der Waals surface area contributed by atoms with Crippen LogP contribution < -0.4 is 0 Å². The summed E-state index contributed by atoms with van der Waals surface area (Å²) >= 11 is 1.97. The zero-order valence-electron chi connectivity index (χ0n) is 16.1. The number of carbonyl (C=O) groups excluding carboxylic acids is 1. The maximum atomic E-state index is 10.2. The largest absolute Gasteiger partial charge is 0.303 e. The van der Waals surface area contributed by atoms with Gasteiger partial charge in [0.1, 0.15) is 6.29 Å². The maximum Gasteiger partial charge on any atom is 0.119 e. The van der Waals surface area contributed by atoms with Gasteiger partial charge in [-0.1, -0.05) is 70.6 Å². The Balaban J connectivity index is 3.21. The molecule has 0 aliphatic heterocycles. The molecule has 0 N–H and O–H groups in total. The fourth-order valence-corrected chi connectivity index (χ4v) is 3.57. The molecule has 140 valence electrons. The van der Waals surface area contributed by atoms with Gasteiger partial charge in [0.2, 0.25) is 0 Å². The van der Waals surface area contributed by atoms with Crippen molar-refractivity contribution in [1.29, 1.82) is 0 Å². The fourth-order valence-electron chi connectivity index (χ4n) is 2.64. The van der Waals surface area contributed by atoms with Crippen LogP contribution in [0.3, 0.4) is 0 Å². The molecule has 0 aliphatic carbocycles. The van der Waals surface area contributed by atoms with E-state index in [2.05, 4.69) is 25.7 Å². The van der Waals surface area contributed by atoms with E-state index in [-0.39, 0.29) is 0 Å². The Kier molecular flexibility index (Phi) is 20.1. The molecule has 0 aromatic carbocycles. The van der Waals surface area contributed by atoms with Crippen LogP contribution in [-0.2, 0) is 4.79 Å². The monoisotopic (exact) mass is 352 g/mol. The van der Waals surface area contributed by atoms with Gasteiger partial charge in [0.05, 0.1) is 0 Å². The van der Waals surface area contributed by atoms with Crippen molar-refractivity contribution in [3.8, 4) is 0 Å². The quantitative estimate of drug-likeness (QED) is 0.134. The van der Waals surface area contributed by atoms with Gasteiger partial charge in [0.15, 0.2) is 0 Å². The van der Waals surface area contributed by atoms with Crippen LogP contribution in [0.2, 0.25) is 0 Å². The van der Waals surface area contributed by atoms with E-state index in [4.69, 9.17) is 0 Å². The standard InChI is InChI=1S/C22H40OS/c1-3-4-5-6-7-10-13-16-19-22(2)24-21-18-15-12-9-8-11-14-17-20-23/h6-7,20H,2-5,8-19,21H2,1H3. The summed E-state index contributed by atoms with van der Waals surface area (Å²) in [5.41, 5.74) is 0. The average Bonchev–Trinajstić information content (AvgIpc) is 2.59. The number of allylic oxidation sites excluding steroid dienone is 3. The minimum atomic E-state index is 0.744. The molecule has 0 atom stereocenters. The van der Waals surface area contributed by atoms with Crippen molar-refractivity contribution in [2.75, 3.05) is 5.75 Å². The Morgan fingerprint density at radius 2 is 1.38 bits per heavy atom. The van der Waals surface area contributed by atoms with E-state index in [1.807, 2.05) is 11.8 Å². The van der Waals surface area contributed by atoms with Gasteiger partial charge in [0.25, 0.3) is 0 Å². The van der Waals surface area contributed by atoms with Gasteiger partial charge in [-0.3, -0.25) is 0 Å². The van der Waals surface area contributed by atoms with Gasteiger partial charge in [-0.2, -0.15) is 0 Å². The highest BCUT2D eigenvalue weighted by Crippen LogP contribution is 2.22. The Morgan fingerprint density at radius 3 is 2.04 bits per heavy atom. The first-order valence-electron chi connectivity index (χ1n) is 10.2. The summed E-state index contributed by atoms with van der Waals surface area (Å²) in [5.74, 6) is 1.24. The normalized spacial score (nSPS) is 11.2. The first-order chi connectivity index (χ1) is 11.8. The molecular weight excluding hydrogens is 312 g/mol. The number of thioether (sulfide) groups is 1. The number of carbonyl (C=O) groups is 1. The van der Waals surface area contributed by atoms with Crippen molar-refractivity contribution in [3.63, 3.8) is 0 Å². The van der Waals surface area contributed by atoms with Crippen LogP contribution in [-0.4, -0.2) is 12.0 Å². The van der Waals surface area contributed by atoms with Crippen LogP contribution >= 0.6 is 11.8 Å². The molecule has 0 rings (SSSR count). The smallest absolute Gasteiger partial charge is 0.119 e. The molecule has 0 aromatic rings. The number of hydrogen-bond donors (Lipinski definition) is 0. The van der Waals surface area contributed by atoms with Crippen LogP contribution in [0.5, 0.6) is 0 Å². The summed E-state index contributed by atoms with van der Waals surface area (Å²) in [4.78, 5) is 11.6. The first kappa shape index (κ1) is 23.5. The predicted molar refractivity (Wildman–Crippen MR) is 112 cm³/mol. The third-order valence-corrected chi connectivity index (χ3v) is 5.35. The lowest BCUT2D eigenvalue weighted by Gasteiger charge is -2.05. The summed E-state index contributed by atoms with van der Waals surface area (Å²) in [6.07, 6.45) is 24.3. The minimum Gasteiger partial charge on any atom is -0.303 e. The highest BCUT2D eigenvalue weighted by atomic mass is 32.2. The second-order valence-corrected chi connectivity index (χ2v) is 7.95. The maximum absolute atomic E-state index is 10.2. The Bertz CT molecular complexity index is 309. The average molecular weight is 353 g/mol. The second kappa shape index (κ2) is 20.5. The van der Waals surface area contributed by atoms with E-state index in [9.17, 15) is 4.79 Å². The third-order valence-electron chi connectivity index (χ3n) is 4.24. The third kappa shape index (κ3) is 19.5. The summed E-state index contributed by atoms with van der Waals surface area (Å²) in [6, 6.07) is 0. The van der Waals surface area contributed by atoms with Crippen molar-refractivity contribution in [2.45, 2.75) is 103 Å². The fraction of sp³-hybridized carbons (Fsp3) is 0.773. The summed E-state index contributed by atoms with van der Waals surface area (Å²) in [5, 5.41) is 0. The molecule has 2 heteroatoms. The van der Waals surface area contributed by atoms with Crippen molar-refractivity contribution in [3.05, 3.63) is 23.6 Å². The SMILES string of the molecule is C=C(CCCCC=CCCCC)SCCCCCCCCCC=O. The molecule has 0 aromatic heterocycles. The number of aldehydes is 1. The van der Waals surface area contributed by atoms with Gasteiger partial charge in [-0.15, -0.1) is 11.8 Å². The molecule has 0 saturated heterocycles. The highest BCUT2D eigenvalue weighted by molar-refractivity contribution is 8.03. The number of hydrogen-bond acceptors (Lipinski definition) is 2. The molecule has 0 unspecified atom stereocenters. The van der Waals surface area contributed by atoms with Crippen molar-refractivity contribution in [1.82, 2.24) is 0 Å². The lowest BCUT2D eigenvalue weighted by Crippen LogP contribution is -1.85. The molecule has 0 amide bonds. The zero-order chi connectivity index (χ0) is 17.7. The Morgan fingerprint density at radius 1 is 0.792 bits per heavy atom. The highest BCUT2D eigenvalue weighted by Gasteiger charge is 1.97. The minimum absolute atomic E-state index is 0.744. The first-order valence-corrected chi connectivity index (χ1v) is 11.2.